The molecule has 0 aliphatic carbocycles. The highest BCUT2D eigenvalue weighted by atomic mass is 35.5. The summed E-state index contributed by atoms with van der Waals surface area (Å²) in [7, 11) is -8.05. The van der Waals surface area contributed by atoms with Crippen LogP contribution in [-0.4, -0.2) is 22.1 Å². The lowest BCUT2D eigenvalue weighted by Crippen LogP contribution is -2.19. The average Bonchev–Trinajstić information content (AvgIpc) is 2.49. The Labute approximate surface area is 155 Å². The third kappa shape index (κ3) is 4.08. The lowest BCUT2D eigenvalue weighted by atomic mass is 10.3. The van der Waals surface area contributed by atoms with Gasteiger partial charge in [-0.25, -0.2) is 21.2 Å². The summed E-state index contributed by atoms with van der Waals surface area (Å²) in [5.41, 5.74) is -0.193. The van der Waals surface area contributed by atoms with Crippen molar-refractivity contribution >= 4 is 48.7 Å². The normalized spacial score (nSPS) is 12.4. The molecule has 136 valence electrons. The molecule has 0 fully saturated rings. The summed E-state index contributed by atoms with van der Waals surface area (Å²) >= 11 is 11.6. The number of hydrogen-bond acceptors (Lipinski definition) is 4. The zero-order chi connectivity index (χ0) is 19.0. The van der Waals surface area contributed by atoms with Crippen LogP contribution >= 0.6 is 23.2 Å². The van der Waals surface area contributed by atoms with Crippen LogP contribution in [0.3, 0.4) is 0 Å². The summed E-state index contributed by atoms with van der Waals surface area (Å²) in [6.07, 6.45) is 0. The van der Waals surface area contributed by atoms with Gasteiger partial charge in [-0.2, -0.15) is 0 Å². The van der Waals surface area contributed by atoms with E-state index in [1.165, 1.54) is 32.0 Å². The second-order valence-electron chi connectivity index (χ2n) is 5.39. The Morgan fingerprint density at radius 3 is 2.20 bits per heavy atom. The maximum Gasteiger partial charge on any atom is 0.261 e. The fraction of sp³-hybridized carbons (Fsp3) is 0.200. The van der Waals surface area contributed by atoms with Gasteiger partial charge in [0, 0.05) is 0 Å². The molecule has 1 N–H and O–H groups in total. The third-order valence-electron chi connectivity index (χ3n) is 3.32. The number of rotatable bonds is 5. The van der Waals surface area contributed by atoms with Gasteiger partial charge in [-0.05, 0) is 44.2 Å². The lowest BCUT2D eigenvalue weighted by molar-refractivity contribution is 0.588. The highest BCUT2D eigenvalue weighted by Gasteiger charge is 2.28. The average molecular weight is 426 g/mol. The van der Waals surface area contributed by atoms with Crippen molar-refractivity contribution in [3.05, 3.63) is 52.3 Å². The summed E-state index contributed by atoms with van der Waals surface area (Å²) in [4.78, 5) is -0.629. The first kappa shape index (κ1) is 20.0. The highest BCUT2D eigenvalue weighted by Crippen LogP contribution is 2.33. The van der Waals surface area contributed by atoms with Crippen LogP contribution in [0.25, 0.3) is 0 Å². The van der Waals surface area contributed by atoms with E-state index in [0.717, 1.165) is 18.2 Å². The number of sulfonamides is 1. The standard InChI is InChI=1S/C15H14Cl2FNO4S2/c1-9(2)24(20,21)15-11(16)4-3-5-14(15)19-25(22,23)10-6-7-13(18)12(17)8-10/h3-9,19H,1-2H3. The number of sulfone groups is 1. The predicted molar refractivity (Wildman–Crippen MR) is 96.0 cm³/mol. The number of benzene rings is 2. The molecule has 5 nitrogen and oxygen atoms in total. The number of hydrogen-bond donors (Lipinski definition) is 1. The minimum atomic E-state index is -4.20. The molecule has 2 aromatic rings. The summed E-state index contributed by atoms with van der Waals surface area (Å²) in [6, 6.07) is 6.90. The van der Waals surface area contributed by atoms with Gasteiger partial charge in [0.05, 0.1) is 25.9 Å². The molecule has 0 aliphatic rings. The lowest BCUT2D eigenvalue weighted by Gasteiger charge is -2.16. The molecule has 10 heteroatoms. The molecule has 0 heterocycles. The fourth-order valence-corrected chi connectivity index (χ4v) is 5.10. The molecule has 2 rings (SSSR count). The van der Waals surface area contributed by atoms with Gasteiger partial charge in [0.25, 0.3) is 10.0 Å². The van der Waals surface area contributed by atoms with Gasteiger partial charge in [0.15, 0.2) is 9.84 Å². The van der Waals surface area contributed by atoms with E-state index in [2.05, 4.69) is 4.72 Å². The van der Waals surface area contributed by atoms with E-state index in [4.69, 9.17) is 23.2 Å². The highest BCUT2D eigenvalue weighted by molar-refractivity contribution is 7.93. The van der Waals surface area contributed by atoms with E-state index in [-0.39, 0.29) is 25.5 Å². The van der Waals surface area contributed by atoms with Crippen LogP contribution in [0, 0.1) is 5.82 Å². The molecule has 0 spiro atoms. The van der Waals surface area contributed by atoms with Gasteiger partial charge in [0.2, 0.25) is 0 Å². The summed E-state index contributed by atoms with van der Waals surface area (Å²) in [5.74, 6) is -0.772. The molecule has 0 aliphatic heterocycles. The molecule has 25 heavy (non-hydrogen) atoms. The van der Waals surface area contributed by atoms with Crippen molar-refractivity contribution in [2.75, 3.05) is 4.72 Å². The maximum absolute atomic E-state index is 13.2. The van der Waals surface area contributed by atoms with E-state index in [0.29, 0.717) is 0 Å². The topological polar surface area (TPSA) is 80.3 Å². The Morgan fingerprint density at radius 2 is 1.64 bits per heavy atom. The Morgan fingerprint density at radius 1 is 1.00 bits per heavy atom. The fourth-order valence-electron chi connectivity index (χ4n) is 1.96. The molecule has 0 bridgehead atoms. The van der Waals surface area contributed by atoms with Crippen molar-refractivity contribution in [3.63, 3.8) is 0 Å². The van der Waals surface area contributed by atoms with Crippen LogP contribution in [0.1, 0.15) is 13.8 Å². The largest absolute Gasteiger partial charge is 0.278 e. The van der Waals surface area contributed by atoms with Crippen LogP contribution in [0.2, 0.25) is 10.0 Å². The van der Waals surface area contributed by atoms with Crippen LogP contribution in [-0.2, 0) is 19.9 Å². The van der Waals surface area contributed by atoms with Gasteiger partial charge in [-0.3, -0.25) is 4.72 Å². The molecule has 0 atom stereocenters. The van der Waals surface area contributed by atoms with Gasteiger partial charge in [-0.15, -0.1) is 0 Å². The molecule has 0 radical (unpaired) electrons. The molecule has 2 aromatic carbocycles. The van der Waals surface area contributed by atoms with Crippen LogP contribution < -0.4 is 4.72 Å². The van der Waals surface area contributed by atoms with Gasteiger partial charge in [-0.1, -0.05) is 29.3 Å². The third-order valence-corrected chi connectivity index (χ3v) is 7.65. The van der Waals surface area contributed by atoms with Crippen LogP contribution in [0.5, 0.6) is 0 Å². The van der Waals surface area contributed by atoms with Crippen molar-refractivity contribution in [1.82, 2.24) is 0 Å². The van der Waals surface area contributed by atoms with Gasteiger partial charge in [0.1, 0.15) is 10.7 Å². The van der Waals surface area contributed by atoms with Gasteiger partial charge < -0.3 is 0 Å². The predicted octanol–water partition coefficient (Wildman–Crippen LogP) is 4.12. The molecule has 0 aromatic heterocycles. The minimum absolute atomic E-state index is 0.106. The van der Waals surface area contributed by atoms with Crippen molar-refractivity contribution < 1.29 is 21.2 Å². The van der Waals surface area contributed by atoms with Crippen LogP contribution in [0.4, 0.5) is 10.1 Å². The molecule has 0 saturated heterocycles. The molecular formula is C15H14Cl2FNO4S2. The molecular weight excluding hydrogens is 412 g/mol. The number of halogens is 3. The van der Waals surface area contributed by atoms with E-state index < -0.39 is 30.9 Å². The van der Waals surface area contributed by atoms with E-state index in [9.17, 15) is 21.2 Å². The quantitative estimate of drug-likeness (QED) is 0.780. The Kier molecular flexibility index (Phi) is 5.68. The first-order valence-corrected chi connectivity index (χ1v) is 10.8. The molecule has 0 amide bonds. The van der Waals surface area contributed by atoms with Crippen molar-refractivity contribution in [1.29, 1.82) is 0 Å². The van der Waals surface area contributed by atoms with Crippen molar-refractivity contribution in [2.45, 2.75) is 28.9 Å². The zero-order valence-electron chi connectivity index (χ0n) is 13.1. The van der Waals surface area contributed by atoms with Crippen molar-refractivity contribution in [3.8, 4) is 0 Å². The maximum atomic E-state index is 13.2. The zero-order valence-corrected chi connectivity index (χ0v) is 16.3. The number of anilines is 1. The van der Waals surface area contributed by atoms with Crippen molar-refractivity contribution in [2.24, 2.45) is 0 Å². The minimum Gasteiger partial charge on any atom is -0.278 e. The number of nitrogens with one attached hydrogen (secondary N) is 1. The second-order valence-corrected chi connectivity index (χ2v) is 10.3. The first-order valence-electron chi connectivity index (χ1n) is 6.97. The van der Waals surface area contributed by atoms with E-state index >= 15 is 0 Å². The monoisotopic (exact) mass is 425 g/mol. The smallest absolute Gasteiger partial charge is 0.261 e. The van der Waals surface area contributed by atoms with Gasteiger partial charge >= 0.3 is 0 Å². The Balaban J connectivity index is 2.57. The Bertz CT molecular complexity index is 1020. The Hall–Kier alpha value is -1.35. The summed E-state index contributed by atoms with van der Waals surface area (Å²) < 4.78 is 65.4. The van der Waals surface area contributed by atoms with Crippen LogP contribution in [0.15, 0.2) is 46.2 Å². The molecule has 0 unspecified atom stereocenters. The SMILES string of the molecule is CC(C)S(=O)(=O)c1c(Cl)cccc1NS(=O)(=O)c1ccc(F)c(Cl)c1. The summed E-state index contributed by atoms with van der Waals surface area (Å²) in [5, 5.41) is -1.29. The molecule has 0 saturated carbocycles. The summed E-state index contributed by atoms with van der Waals surface area (Å²) in [6.45, 7) is 2.91. The second kappa shape index (κ2) is 7.11. The van der Waals surface area contributed by atoms with E-state index in [1.807, 2.05) is 0 Å². The first-order chi connectivity index (χ1) is 11.5. The van der Waals surface area contributed by atoms with E-state index in [1.54, 1.807) is 0 Å².